The van der Waals surface area contributed by atoms with Gasteiger partial charge >= 0.3 is 0 Å². The Morgan fingerprint density at radius 1 is 0.971 bits per heavy atom. The number of hydrogen-bond donors (Lipinski definition) is 1. The predicted molar refractivity (Wildman–Crippen MR) is 139 cm³/mol. The van der Waals surface area contributed by atoms with E-state index in [-0.39, 0.29) is 16.6 Å². The van der Waals surface area contributed by atoms with Crippen molar-refractivity contribution in [3.05, 3.63) is 53.6 Å². The van der Waals surface area contributed by atoms with Crippen molar-refractivity contribution in [2.45, 2.75) is 50.3 Å². The lowest BCUT2D eigenvalue weighted by Gasteiger charge is -2.28. The molecule has 2 fully saturated rings. The second kappa shape index (κ2) is 11.4. The number of carbonyl (C=O) groups is 1. The topological polar surface area (TPSA) is 79.0 Å². The molecule has 0 radical (unpaired) electrons. The van der Waals surface area contributed by atoms with Crippen molar-refractivity contribution in [3.63, 3.8) is 0 Å². The molecule has 2 aliphatic rings. The number of amides is 1. The van der Waals surface area contributed by atoms with E-state index in [1.807, 2.05) is 24.0 Å². The fraction of sp³-hybridized carbons (Fsp3) is 0.519. The van der Waals surface area contributed by atoms with Crippen molar-refractivity contribution in [1.82, 2.24) is 9.80 Å². The molecule has 1 aliphatic carbocycles. The van der Waals surface area contributed by atoms with Gasteiger partial charge in [-0.15, -0.1) is 0 Å². The maximum absolute atomic E-state index is 13.4. The van der Waals surface area contributed by atoms with Gasteiger partial charge in [-0.2, -0.15) is 0 Å². The molecule has 2 aromatic rings. The van der Waals surface area contributed by atoms with E-state index in [2.05, 4.69) is 9.62 Å². The minimum absolute atomic E-state index is 0.0415. The van der Waals surface area contributed by atoms with Crippen LogP contribution in [0.5, 0.6) is 5.75 Å². The monoisotopic (exact) mass is 499 g/mol. The van der Waals surface area contributed by atoms with Crippen molar-refractivity contribution < 1.29 is 17.9 Å². The van der Waals surface area contributed by atoms with Gasteiger partial charge in [0.05, 0.1) is 7.11 Å². The largest absolute Gasteiger partial charge is 0.495 e. The molecule has 1 N–H and O–H groups in total. The van der Waals surface area contributed by atoms with Crippen LogP contribution in [0.25, 0.3) is 0 Å². The summed E-state index contributed by atoms with van der Waals surface area (Å²) >= 11 is 0. The van der Waals surface area contributed by atoms with Crippen LogP contribution in [-0.4, -0.2) is 64.0 Å². The molecule has 190 valence electrons. The highest BCUT2D eigenvalue weighted by Crippen LogP contribution is 2.28. The molecule has 0 spiro atoms. The summed E-state index contributed by atoms with van der Waals surface area (Å²) in [5.74, 6) is 0.844. The number of hydrogen-bond acceptors (Lipinski definition) is 5. The van der Waals surface area contributed by atoms with Crippen LogP contribution in [0.1, 0.15) is 54.4 Å². The molecule has 2 aromatic carbocycles. The van der Waals surface area contributed by atoms with Gasteiger partial charge in [0.25, 0.3) is 15.9 Å². The number of anilines is 1. The number of carbonyl (C=O) groups excluding carboxylic acids is 1. The van der Waals surface area contributed by atoms with Gasteiger partial charge in [-0.25, -0.2) is 8.42 Å². The summed E-state index contributed by atoms with van der Waals surface area (Å²) < 4.78 is 34.3. The fourth-order valence-electron chi connectivity index (χ4n) is 5.13. The lowest BCUT2D eigenvalue weighted by Crippen LogP contribution is -2.37. The maximum atomic E-state index is 13.4. The lowest BCUT2D eigenvalue weighted by molar-refractivity contribution is 0.0759. The van der Waals surface area contributed by atoms with E-state index >= 15 is 0 Å². The molecule has 4 rings (SSSR count). The summed E-state index contributed by atoms with van der Waals surface area (Å²) in [6, 6.07) is 11.7. The Labute approximate surface area is 209 Å². The normalized spacial score (nSPS) is 18.2. The second-order valence-electron chi connectivity index (χ2n) is 9.79. The number of sulfonamides is 1. The lowest BCUT2D eigenvalue weighted by atomic mass is 9.89. The zero-order valence-corrected chi connectivity index (χ0v) is 21.6. The third-order valence-corrected chi connectivity index (χ3v) is 8.52. The first-order chi connectivity index (χ1) is 16.9. The van der Waals surface area contributed by atoms with Crippen molar-refractivity contribution in [1.29, 1.82) is 0 Å². The highest BCUT2D eigenvalue weighted by atomic mass is 32.2. The molecule has 7 nitrogen and oxygen atoms in total. The van der Waals surface area contributed by atoms with Crippen molar-refractivity contribution in [3.8, 4) is 5.75 Å². The van der Waals surface area contributed by atoms with Crippen LogP contribution >= 0.6 is 0 Å². The number of aryl methyl sites for hydroxylation is 1. The quantitative estimate of drug-likeness (QED) is 0.605. The summed E-state index contributed by atoms with van der Waals surface area (Å²) in [4.78, 5) is 17.7. The van der Waals surface area contributed by atoms with E-state index in [1.165, 1.54) is 45.3 Å². The average Bonchev–Trinajstić information content (AvgIpc) is 3.10. The van der Waals surface area contributed by atoms with E-state index in [4.69, 9.17) is 4.74 Å². The molecule has 1 amide bonds. The Morgan fingerprint density at radius 2 is 1.71 bits per heavy atom. The molecule has 0 bridgehead atoms. The standard InChI is InChI=1S/C27H37N3O4S/c1-21-9-12-24(13-10-21)28-35(32,33)26-19-23(11-14-25(26)34-2)27(31)30-16-6-15-29(17-18-30)20-22-7-4-3-5-8-22/h9-14,19,22,28H,3-8,15-18,20H2,1-2H3. The fourth-order valence-corrected chi connectivity index (χ4v) is 6.38. The SMILES string of the molecule is COc1ccc(C(=O)N2CCCN(CC3CCCCC3)CC2)cc1S(=O)(=O)Nc1ccc(C)cc1. The molecule has 35 heavy (non-hydrogen) atoms. The van der Waals surface area contributed by atoms with E-state index in [1.54, 1.807) is 24.3 Å². The molecule has 1 aliphatic heterocycles. The third kappa shape index (κ3) is 6.55. The van der Waals surface area contributed by atoms with Crippen molar-refractivity contribution in [2.75, 3.05) is 44.6 Å². The van der Waals surface area contributed by atoms with E-state index in [0.717, 1.165) is 37.5 Å². The summed E-state index contributed by atoms with van der Waals surface area (Å²) in [6.07, 6.45) is 7.60. The van der Waals surface area contributed by atoms with E-state index < -0.39 is 10.0 Å². The highest BCUT2D eigenvalue weighted by Gasteiger charge is 2.26. The summed E-state index contributed by atoms with van der Waals surface area (Å²) in [5.41, 5.74) is 1.85. The Bertz CT molecular complexity index is 1110. The van der Waals surface area contributed by atoms with Crippen LogP contribution in [0.2, 0.25) is 0 Å². The minimum Gasteiger partial charge on any atom is -0.495 e. The van der Waals surface area contributed by atoms with E-state index in [0.29, 0.717) is 24.3 Å². The second-order valence-corrected chi connectivity index (χ2v) is 11.4. The van der Waals surface area contributed by atoms with Crippen molar-refractivity contribution in [2.24, 2.45) is 5.92 Å². The van der Waals surface area contributed by atoms with Gasteiger partial charge in [-0.05, 0) is 69.0 Å². The molecular weight excluding hydrogens is 462 g/mol. The van der Waals surface area contributed by atoms with Gasteiger partial charge in [0, 0.05) is 37.4 Å². The molecular formula is C27H37N3O4S. The first kappa shape index (κ1) is 25.5. The van der Waals surface area contributed by atoms with Gasteiger partial charge in [-0.1, -0.05) is 37.0 Å². The van der Waals surface area contributed by atoms with Crippen LogP contribution in [0.3, 0.4) is 0 Å². The van der Waals surface area contributed by atoms with Gasteiger partial charge in [0.15, 0.2) is 0 Å². The average molecular weight is 500 g/mol. The zero-order chi connectivity index (χ0) is 24.8. The number of nitrogens with one attached hydrogen (secondary N) is 1. The molecule has 1 saturated heterocycles. The van der Waals surface area contributed by atoms with Crippen LogP contribution in [0.4, 0.5) is 5.69 Å². The van der Waals surface area contributed by atoms with Crippen LogP contribution in [-0.2, 0) is 10.0 Å². The number of benzene rings is 2. The molecule has 0 unspecified atom stereocenters. The number of methoxy groups -OCH3 is 1. The van der Waals surface area contributed by atoms with Gasteiger partial charge in [-0.3, -0.25) is 9.52 Å². The zero-order valence-electron chi connectivity index (χ0n) is 20.8. The van der Waals surface area contributed by atoms with Crippen LogP contribution in [0.15, 0.2) is 47.4 Å². The van der Waals surface area contributed by atoms with Crippen LogP contribution in [0, 0.1) is 12.8 Å². The van der Waals surface area contributed by atoms with E-state index in [9.17, 15) is 13.2 Å². The van der Waals surface area contributed by atoms with Gasteiger partial charge in [0.2, 0.25) is 0 Å². The molecule has 8 heteroatoms. The summed E-state index contributed by atoms with van der Waals surface area (Å²) in [6.45, 7) is 6.25. The summed E-state index contributed by atoms with van der Waals surface area (Å²) in [5, 5.41) is 0. The molecule has 0 aromatic heterocycles. The number of ether oxygens (including phenoxy) is 1. The van der Waals surface area contributed by atoms with Gasteiger partial charge in [0.1, 0.15) is 10.6 Å². The Morgan fingerprint density at radius 3 is 2.43 bits per heavy atom. The minimum atomic E-state index is -3.94. The highest BCUT2D eigenvalue weighted by molar-refractivity contribution is 7.92. The van der Waals surface area contributed by atoms with Crippen molar-refractivity contribution >= 4 is 21.6 Å². The predicted octanol–water partition coefficient (Wildman–Crippen LogP) is 4.53. The van der Waals surface area contributed by atoms with Gasteiger partial charge < -0.3 is 14.5 Å². The molecule has 0 atom stereocenters. The molecule has 1 heterocycles. The Hall–Kier alpha value is -2.58. The number of nitrogens with zero attached hydrogens (tertiary/aromatic N) is 2. The van der Waals surface area contributed by atoms with Crippen LogP contribution < -0.4 is 9.46 Å². The first-order valence-corrected chi connectivity index (χ1v) is 14.1. The first-order valence-electron chi connectivity index (χ1n) is 12.6. The smallest absolute Gasteiger partial charge is 0.265 e. The number of rotatable bonds is 7. The molecule has 1 saturated carbocycles. The summed E-state index contributed by atoms with van der Waals surface area (Å²) in [7, 11) is -2.51. The maximum Gasteiger partial charge on any atom is 0.265 e. The Kier molecular flexibility index (Phi) is 8.34. The third-order valence-electron chi connectivity index (χ3n) is 7.12. The Balaban J connectivity index is 1.47.